The summed E-state index contributed by atoms with van der Waals surface area (Å²) in [5.74, 6) is 0.879. The van der Waals surface area contributed by atoms with E-state index < -0.39 is 0 Å². The molecule has 0 saturated heterocycles. The molecule has 35 heavy (non-hydrogen) atoms. The Hall–Kier alpha value is -3.06. The number of amidine groups is 1. The fourth-order valence-electron chi connectivity index (χ4n) is 4.66. The standard InChI is InChI=1S/C28H33N3O3S/c1-19-14-20(2)16-23(15-19)31-27(33)25(17-21-10-12-24(34-4)13-11-21)29-28(31)35-18-26(32)30(3)22-8-6-5-7-9-22/h10-17,22H,5-9,18H2,1-4H3. The van der Waals surface area contributed by atoms with Gasteiger partial charge < -0.3 is 9.64 Å². The van der Waals surface area contributed by atoms with E-state index >= 15 is 0 Å². The number of carbonyl (C=O) groups excluding carboxylic acids is 2. The molecule has 184 valence electrons. The van der Waals surface area contributed by atoms with Crippen molar-refractivity contribution in [3.05, 3.63) is 64.9 Å². The molecule has 0 N–H and O–H groups in total. The quantitative estimate of drug-likeness (QED) is 0.495. The highest BCUT2D eigenvalue weighted by atomic mass is 32.2. The second-order valence-electron chi connectivity index (χ2n) is 9.27. The molecule has 7 heteroatoms. The van der Waals surface area contributed by atoms with E-state index in [1.165, 1.54) is 31.0 Å². The van der Waals surface area contributed by atoms with Gasteiger partial charge in [0.15, 0.2) is 5.17 Å². The van der Waals surface area contributed by atoms with Crippen molar-refractivity contribution >= 4 is 40.5 Å². The van der Waals surface area contributed by atoms with Crippen molar-refractivity contribution in [1.82, 2.24) is 4.90 Å². The van der Waals surface area contributed by atoms with Gasteiger partial charge in [0.05, 0.1) is 18.6 Å². The molecule has 1 heterocycles. The number of hydrogen-bond acceptors (Lipinski definition) is 5. The Morgan fingerprint density at radius 1 is 1.11 bits per heavy atom. The topological polar surface area (TPSA) is 62.2 Å². The fourth-order valence-corrected chi connectivity index (χ4v) is 5.60. The van der Waals surface area contributed by atoms with E-state index in [-0.39, 0.29) is 17.6 Å². The molecule has 1 aliphatic heterocycles. The Balaban J connectivity index is 1.59. The summed E-state index contributed by atoms with van der Waals surface area (Å²) in [6.07, 6.45) is 7.51. The van der Waals surface area contributed by atoms with Crippen molar-refractivity contribution < 1.29 is 14.3 Å². The number of anilines is 1. The third kappa shape index (κ3) is 5.96. The van der Waals surface area contributed by atoms with Crippen LogP contribution in [0.5, 0.6) is 5.75 Å². The summed E-state index contributed by atoms with van der Waals surface area (Å²) in [4.78, 5) is 34.7. The first-order chi connectivity index (χ1) is 16.9. The van der Waals surface area contributed by atoms with Gasteiger partial charge in [-0.25, -0.2) is 4.99 Å². The van der Waals surface area contributed by atoms with Crippen molar-refractivity contribution in [2.24, 2.45) is 4.99 Å². The highest BCUT2D eigenvalue weighted by Gasteiger charge is 2.33. The van der Waals surface area contributed by atoms with Crippen molar-refractivity contribution in [3.8, 4) is 5.75 Å². The number of ether oxygens (including phenoxy) is 1. The van der Waals surface area contributed by atoms with Crippen LogP contribution in [0.15, 0.2) is 53.2 Å². The number of hydrogen-bond donors (Lipinski definition) is 0. The molecule has 4 rings (SSSR count). The van der Waals surface area contributed by atoms with Crippen LogP contribution in [0.4, 0.5) is 5.69 Å². The molecule has 0 bridgehead atoms. The maximum absolute atomic E-state index is 13.5. The van der Waals surface area contributed by atoms with E-state index in [9.17, 15) is 9.59 Å². The summed E-state index contributed by atoms with van der Waals surface area (Å²) in [5, 5.41) is 0.533. The Kier molecular flexibility index (Phi) is 7.96. The second kappa shape index (κ2) is 11.1. The molecule has 0 spiro atoms. The average Bonchev–Trinajstić information content (AvgIpc) is 3.17. The van der Waals surface area contributed by atoms with Gasteiger partial charge in [-0.05, 0) is 73.7 Å². The molecule has 0 aromatic heterocycles. The molecule has 1 saturated carbocycles. The van der Waals surface area contributed by atoms with Crippen LogP contribution in [0.1, 0.15) is 48.8 Å². The lowest BCUT2D eigenvalue weighted by molar-refractivity contribution is -0.129. The molecule has 0 radical (unpaired) electrons. The van der Waals surface area contributed by atoms with Crippen LogP contribution in [-0.2, 0) is 9.59 Å². The van der Waals surface area contributed by atoms with Crippen molar-refractivity contribution in [2.45, 2.75) is 52.0 Å². The van der Waals surface area contributed by atoms with E-state index in [2.05, 4.69) is 11.1 Å². The zero-order chi connectivity index (χ0) is 24.9. The van der Waals surface area contributed by atoms with Gasteiger partial charge >= 0.3 is 0 Å². The largest absolute Gasteiger partial charge is 0.497 e. The van der Waals surface area contributed by atoms with Gasteiger partial charge in [0, 0.05) is 13.1 Å². The van der Waals surface area contributed by atoms with E-state index in [1.807, 2.05) is 62.2 Å². The zero-order valence-corrected chi connectivity index (χ0v) is 21.7. The van der Waals surface area contributed by atoms with Gasteiger partial charge in [-0.2, -0.15) is 0 Å². The molecule has 0 atom stereocenters. The summed E-state index contributed by atoms with van der Waals surface area (Å²) in [6.45, 7) is 4.02. The van der Waals surface area contributed by atoms with Crippen LogP contribution in [0.3, 0.4) is 0 Å². The maximum Gasteiger partial charge on any atom is 0.283 e. The molecule has 6 nitrogen and oxygen atoms in total. The number of benzene rings is 2. The highest BCUT2D eigenvalue weighted by Crippen LogP contribution is 2.31. The van der Waals surface area contributed by atoms with Crippen LogP contribution in [-0.4, -0.2) is 47.8 Å². The molecule has 1 fully saturated rings. The second-order valence-corrected chi connectivity index (χ2v) is 10.2. The first-order valence-corrected chi connectivity index (χ1v) is 13.1. The molecule has 0 unspecified atom stereocenters. The minimum Gasteiger partial charge on any atom is -0.497 e. The smallest absolute Gasteiger partial charge is 0.283 e. The Morgan fingerprint density at radius 2 is 1.77 bits per heavy atom. The Labute approximate surface area is 212 Å². The normalized spacial score (nSPS) is 17.6. The predicted molar refractivity (Wildman–Crippen MR) is 144 cm³/mol. The van der Waals surface area contributed by atoms with Crippen LogP contribution in [0.2, 0.25) is 0 Å². The van der Waals surface area contributed by atoms with Crippen molar-refractivity contribution in [1.29, 1.82) is 0 Å². The van der Waals surface area contributed by atoms with E-state index in [0.717, 1.165) is 41.0 Å². The first-order valence-electron chi connectivity index (χ1n) is 12.1. The van der Waals surface area contributed by atoms with E-state index in [0.29, 0.717) is 16.9 Å². The number of amides is 2. The zero-order valence-electron chi connectivity index (χ0n) is 20.9. The number of aliphatic imine (C=N–C) groups is 1. The average molecular weight is 492 g/mol. The summed E-state index contributed by atoms with van der Waals surface area (Å²) in [7, 11) is 3.52. The van der Waals surface area contributed by atoms with E-state index in [4.69, 9.17) is 4.74 Å². The molecular formula is C28H33N3O3S. The highest BCUT2D eigenvalue weighted by molar-refractivity contribution is 8.14. The molecule has 2 aromatic rings. The lowest BCUT2D eigenvalue weighted by Gasteiger charge is -2.31. The summed E-state index contributed by atoms with van der Waals surface area (Å²) >= 11 is 1.33. The molecule has 2 aliphatic rings. The first kappa shape index (κ1) is 25.0. The minimum absolute atomic E-state index is 0.0741. The van der Waals surface area contributed by atoms with Gasteiger partial charge in [-0.3, -0.25) is 14.5 Å². The number of methoxy groups -OCH3 is 1. The SMILES string of the molecule is COc1ccc(C=C2N=C(SCC(=O)N(C)C3CCCCC3)N(c3cc(C)cc(C)c3)C2=O)cc1. The summed E-state index contributed by atoms with van der Waals surface area (Å²) < 4.78 is 5.23. The Bertz CT molecular complexity index is 1130. The number of thioether (sulfide) groups is 1. The van der Waals surface area contributed by atoms with Crippen molar-refractivity contribution in [2.75, 3.05) is 24.8 Å². The predicted octanol–water partition coefficient (Wildman–Crippen LogP) is 5.58. The van der Waals surface area contributed by atoms with Gasteiger partial charge in [-0.1, -0.05) is 49.2 Å². The van der Waals surface area contributed by atoms with Crippen LogP contribution >= 0.6 is 11.8 Å². The van der Waals surface area contributed by atoms with Crippen LogP contribution < -0.4 is 9.64 Å². The van der Waals surface area contributed by atoms with Gasteiger partial charge in [-0.15, -0.1) is 0 Å². The monoisotopic (exact) mass is 491 g/mol. The summed E-state index contributed by atoms with van der Waals surface area (Å²) in [6, 6.07) is 13.8. The number of aryl methyl sites for hydroxylation is 2. The lowest BCUT2D eigenvalue weighted by Crippen LogP contribution is -2.40. The minimum atomic E-state index is -0.193. The third-order valence-electron chi connectivity index (χ3n) is 6.55. The van der Waals surface area contributed by atoms with Gasteiger partial charge in [0.2, 0.25) is 5.91 Å². The number of rotatable bonds is 6. The fraction of sp³-hybridized carbons (Fsp3) is 0.393. The Morgan fingerprint density at radius 3 is 2.40 bits per heavy atom. The van der Waals surface area contributed by atoms with Crippen LogP contribution in [0.25, 0.3) is 6.08 Å². The maximum atomic E-state index is 13.5. The van der Waals surface area contributed by atoms with E-state index in [1.54, 1.807) is 18.1 Å². The molecule has 2 amide bonds. The van der Waals surface area contributed by atoms with Gasteiger partial charge in [0.25, 0.3) is 5.91 Å². The van der Waals surface area contributed by atoms with Gasteiger partial charge in [0.1, 0.15) is 11.4 Å². The molecule has 2 aromatic carbocycles. The summed E-state index contributed by atoms with van der Waals surface area (Å²) in [5.41, 5.74) is 4.11. The third-order valence-corrected chi connectivity index (χ3v) is 7.48. The van der Waals surface area contributed by atoms with Crippen LogP contribution in [0, 0.1) is 13.8 Å². The van der Waals surface area contributed by atoms with Crippen molar-refractivity contribution in [3.63, 3.8) is 0 Å². The molecular weight excluding hydrogens is 458 g/mol. The number of carbonyl (C=O) groups is 2. The number of nitrogens with zero attached hydrogens (tertiary/aromatic N) is 3. The molecule has 1 aliphatic carbocycles. The lowest BCUT2D eigenvalue weighted by atomic mass is 9.94.